The van der Waals surface area contributed by atoms with Crippen molar-refractivity contribution in [2.24, 2.45) is 5.92 Å². The van der Waals surface area contributed by atoms with E-state index >= 15 is 0 Å². The first kappa shape index (κ1) is 17.0. The zero-order valence-corrected chi connectivity index (χ0v) is 14.5. The maximum Gasteiger partial charge on any atom is 0.228 e. The quantitative estimate of drug-likeness (QED) is 0.620. The average molecular weight is 342 g/mol. The summed E-state index contributed by atoms with van der Waals surface area (Å²) in [6.45, 7) is 1.32. The van der Waals surface area contributed by atoms with Crippen LogP contribution < -0.4 is 5.48 Å². The maximum atomic E-state index is 12.8. The fourth-order valence-electron chi connectivity index (χ4n) is 2.97. The molecule has 126 valence electrons. The topological polar surface area (TPSA) is 41.6 Å². The highest BCUT2D eigenvalue weighted by Gasteiger charge is 2.40. The Hall–Kier alpha value is -1.82. The Bertz CT molecular complexity index is 651. The zero-order valence-electron chi connectivity index (χ0n) is 13.7. The van der Waals surface area contributed by atoms with Crippen LogP contribution in [0.15, 0.2) is 65.6 Å². The predicted octanol–water partition coefficient (Wildman–Crippen LogP) is 2.96. The number of nitrogens with one attached hydrogen (secondary N) is 1. The third-order valence-corrected chi connectivity index (χ3v) is 5.32. The molecule has 2 atom stereocenters. The number of hydrogen-bond acceptors (Lipinski definition) is 4. The molecule has 1 aliphatic heterocycles. The molecule has 1 fully saturated rings. The van der Waals surface area contributed by atoms with Gasteiger partial charge in [-0.15, -0.1) is 11.8 Å². The summed E-state index contributed by atoms with van der Waals surface area (Å²) in [4.78, 5) is 21.1. The van der Waals surface area contributed by atoms with Crippen LogP contribution in [0.4, 0.5) is 0 Å². The van der Waals surface area contributed by atoms with Crippen molar-refractivity contribution in [2.75, 3.05) is 19.4 Å². The minimum absolute atomic E-state index is 0.0161. The minimum Gasteiger partial charge on any atom is -0.336 e. The van der Waals surface area contributed by atoms with Gasteiger partial charge in [-0.05, 0) is 17.7 Å². The Morgan fingerprint density at radius 1 is 1.12 bits per heavy atom. The lowest BCUT2D eigenvalue weighted by Gasteiger charge is -2.16. The molecule has 1 saturated heterocycles. The Labute approximate surface area is 147 Å². The molecular weight excluding hydrogens is 320 g/mol. The molecule has 1 N–H and O–H groups in total. The van der Waals surface area contributed by atoms with E-state index < -0.39 is 0 Å². The molecule has 1 aliphatic rings. The minimum atomic E-state index is -0.0844. The van der Waals surface area contributed by atoms with Gasteiger partial charge in [0.1, 0.15) is 0 Å². The molecule has 4 nitrogen and oxygen atoms in total. The third kappa shape index (κ3) is 4.17. The van der Waals surface area contributed by atoms with Crippen molar-refractivity contribution in [3.63, 3.8) is 0 Å². The first-order chi connectivity index (χ1) is 11.8. The maximum absolute atomic E-state index is 12.8. The van der Waals surface area contributed by atoms with Gasteiger partial charge >= 0.3 is 0 Å². The summed E-state index contributed by atoms with van der Waals surface area (Å²) >= 11 is 1.72. The summed E-state index contributed by atoms with van der Waals surface area (Å²) in [5.74, 6) is 0.852. The summed E-state index contributed by atoms with van der Waals surface area (Å²) in [6, 6.07) is 20.3. The summed E-state index contributed by atoms with van der Waals surface area (Å²) < 4.78 is 0. The molecule has 0 bridgehead atoms. The van der Waals surface area contributed by atoms with E-state index in [9.17, 15) is 4.79 Å². The van der Waals surface area contributed by atoms with E-state index in [1.807, 2.05) is 41.3 Å². The molecule has 2 aromatic rings. The van der Waals surface area contributed by atoms with E-state index in [1.165, 1.54) is 4.90 Å². The van der Waals surface area contributed by atoms with E-state index in [0.29, 0.717) is 13.1 Å². The first-order valence-electron chi connectivity index (χ1n) is 8.07. The number of rotatable bonds is 7. The molecule has 0 aromatic heterocycles. The van der Waals surface area contributed by atoms with Crippen molar-refractivity contribution in [1.82, 2.24) is 10.4 Å². The van der Waals surface area contributed by atoms with E-state index in [-0.39, 0.29) is 17.9 Å². The highest BCUT2D eigenvalue weighted by atomic mass is 32.2. The zero-order chi connectivity index (χ0) is 16.8. The van der Waals surface area contributed by atoms with Crippen molar-refractivity contribution < 1.29 is 9.63 Å². The van der Waals surface area contributed by atoms with Gasteiger partial charge in [0, 0.05) is 23.7 Å². The molecule has 0 saturated carbocycles. The van der Waals surface area contributed by atoms with Crippen LogP contribution in [0.25, 0.3) is 0 Å². The van der Waals surface area contributed by atoms with Crippen LogP contribution in [-0.4, -0.2) is 36.3 Å². The smallest absolute Gasteiger partial charge is 0.228 e. The number of carbonyl (C=O) groups is 1. The van der Waals surface area contributed by atoms with Gasteiger partial charge in [-0.1, -0.05) is 48.5 Å². The van der Waals surface area contributed by atoms with Gasteiger partial charge in [-0.3, -0.25) is 4.79 Å². The number of likely N-dealkylation sites (tertiary alicyclic amines) is 1. The molecule has 0 aliphatic carbocycles. The highest BCUT2D eigenvalue weighted by Crippen LogP contribution is 2.28. The van der Waals surface area contributed by atoms with Gasteiger partial charge in [-0.2, -0.15) is 5.48 Å². The van der Waals surface area contributed by atoms with Crippen molar-refractivity contribution in [3.05, 3.63) is 66.2 Å². The van der Waals surface area contributed by atoms with Crippen LogP contribution in [0.3, 0.4) is 0 Å². The van der Waals surface area contributed by atoms with Gasteiger partial charge in [0.05, 0.1) is 19.1 Å². The second-order valence-electron chi connectivity index (χ2n) is 5.86. The predicted molar refractivity (Wildman–Crippen MR) is 96.4 cm³/mol. The van der Waals surface area contributed by atoms with E-state index in [0.717, 1.165) is 11.3 Å². The Morgan fingerprint density at radius 2 is 1.79 bits per heavy atom. The lowest BCUT2D eigenvalue weighted by atomic mass is 10.1. The standard InChI is InChI=1S/C19H22N2O2S/c1-23-20-18-13-21(12-15-8-4-2-5-9-15)19(22)17(18)14-24-16-10-6-3-7-11-16/h2-11,17-18,20H,12-14H2,1H3. The van der Waals surface area contributed by atoms with Gasteiger partial charge in [0.25, 0.3) is 0 Å². The SMILES string of the molecule is CONC1CN(Cc2ccccc2)C(=O)C1CSc1ccccc1. The molecule has 2 unspecified atom stereocenters. The lowest BCUT2D eigenvalue weighted by molar-refractivity contribution is -0.131. The van der Waals surface area contributed by atoms with Crippen molar-refractivity contribution in [1.29, 1.82) is 0 Å². The van der Waals surface area contributed by atoms with Crippen LogP contribution in [-0.2, 0) is 16.2 Å². The first-order valence-corrected chi connectivity index (χ1v) is 9.05. The number of thioether (sulfide) groups is 1. The molecule has 0 spiro atoms. The van der Waals surface area contributed by atoms with Crippen LogP contribution in [0.2, 0.25) is 0 Å². The second-order valence-corrected chi connectivity index (χ2v) is 6.96. The van der Waals surface area contributed by atoms with Crippen LogP contribution >= 0.6 is 11.8 Å². The Balaban J connectivity index is 1.66. The van der Waals surface area contributed by atoms with Crippen LogP contribution in [0.1, 0.15) is 5.56 Å². The monoisotopic (exact) mass is 342 g/mol. The number of hydrogen-bond donors (Lipinski definition) is 1. The Kier molecular flexibility index (Phi) is 5.91. The summed E-state index contributed by atoms with van der Waals surface area (Å²) in [5.41, 5.74) is 4.15. The van der Waals surface area contributed by atoms with Gasteiger partial charge in [0.2, 0.25) is 5.91 Å². The highest BCUT2D eigenvalue weighted by molar-refractivity contribution is 7.99. The van der Waals surface area contributed by atoms with E-state index in [1.54, 1.807) is 18.9 Å². The molecule has 3 rings (SSSR count). The third-order valence-electron chi connectivity index (χ3n) is 4.19. The molecule has 24 heavy (non-hydrogen) atoms. The van der Waals surface area contributed by atoms with Crippen molar-refractivity contribution in [3.8, 4) is 0 Å². The summed E-state index contributed by atoms with van der Waals surface area (Å²) in [5, 5.41) is 0. The average Bonchev–Trinajstić information content (AvgIpc) is 2.90. The van der Waals surface area contributed by atoms with E-state index in [2.05, 4.69) is 29.7 Å². The van der Waals surface area contributed by atoms with E-state index in [4.69, 9.17) is 4.84 Å². The lowest BCUT2D eigenvalue weighted by Crippen LogP contribution is -2.36. The number of carbonyl (C=O) groups excluding carboxylic acids is 1. The second kappa shape index (κ2) is 8.33. The van der Waals surface area contributed by atoms with Crippen LogP contribution in [0.5, 0.6) is 0 Å². The number of hydroxylamine groups is 1. The fraction of sp³-hybridized carbons (Fsp3) is 0.316. The number of nitrogens with zero attached hydrogens (tertiary/aromatic N) is 1. The van der Waals surface area contributed by atoms with Crippen molar-refractivity contribution >= 4 is 17.7 Å². The fourth-order valence-corrected chi connectivity index (χ4v) is 4.06. The van der Waals surface area contributed by atoms with Crippen molar-refractivity contribution in [2.45, 2.75) is 17.5 Å². The Morgan fingerprint density at radius 3 is 2.46 bits per heavy atom. The van der Waals surface area contributed by atoms with Gasteiger partial charge in [-0.25, -0.2) is 0 Å². The molecular formula is C19H22N2O2S. The number of amides is 1. The van der Waals surface area contributed by atoms with Gasteiger partial charge < -0.3 is 9.74 Å². The molecule has 5 heteroatoms. The molecule has 0 radical (unpaired) electrons. The number of benzene rings is 2. The largest absolute Gasteiger partial charge is 0.336 e. The molecule has 2 aromatic carbocycles. The molecule has 1 amide bonds. The van der Waals surface area contributed by atoms with Gasteiger partial charge in [0.15, 0.2) is 0 Å². The normalized spacial score (nSPS) is 20.5. The summed E-state index contributed by atoms with van der Waals surface area (Å²) in [6.07, 6.45) is 0. The molecule has 1 heterocycles. The summed E-state index contributed by atoms with van der Waals surface area (Å²) in [7, 11) is 1.60. The van der Waals surface area contributed by atoms with Crippen LogP contribution in [0, 0.1) is 5.92 Å².